The van der Waals surface area contributed by atoms with Crippen molar-refractivity contribution in [2.45, 2.75) is 13.5 Å². The first-order valence-electron chi connectivity index (χ1n) is 6.90. The molecular weight excluding hydrogens is 300 g/mol. The second kappa shape index (κ2) is 7.24. The molecule has 1 aromatic heterocycles. The van der Waals surface area contributed by atoms with Crippen LogP contribution in [-0.4, -0.2) is 34.8 Å². The Morgan fingerprint density at radius 1 is 1.36 bits per heavy atom. The van der Waals surface area contributed by atoms with Gasteiger partial charge in [0.1, 0.15) is 5.15 Å². The highest BCUT2D eigenvalue weighted by Crippen LogP contribution is 2.22. The Morgan fingerprint density at radius 2 is 2.05 bits per heavy atom. The molecule has 5 nitrogen and oxygen atoms in total. The van der Waals surface area contributed by atoms with E-state index in [9.17, 15) is 4.79 Å². The van der Waals surface area contributed by atoms with E-state index < -0.39 is 0 Å². The first kappa shape index (κ1) is 16.3. The molecule has 6 heteroatoms. The smallest absolute Gasteiger partial charge is 0.258 e. The summed E-state index contributed by atoms with van der Waals surface area (Å²) < 4.78 is 1.73. The number of carbonyl (C=O) groups is 1. The molecule has 116 valence electrons. The van der Waals surface area contributed by atoms with Crippen molar-refractivity contribution in [2.75, 3.05) is 14.1 Å². The van der Waals surface area contributed by atoms with Crippen LogP contribution in [0.2, 0.25) is 5.15 Å². The third-order valence-electron chi connectivity index (χ3n) is 3.02. The van der Waals surface area contributed by atoms with Crippen LogP contribution in [0.5, 0.6) is 0 Å². The Balaban J connectivity index is 2.17. The molecule has 0 atom stereocenters. The number of carbonyl (C=O) groups excluding carboxylic acids is 1. The van der Waals surface area contributed by atoms with Crippen LogP contribution in [0.3, 0.4) is 0 Å². The number of hydrazine groups is 1. The van der Waals surface area contributed by atoms with Gasteiger partial charge < -0.3 is 0 Å². The first-order chi connectivity index (χ1) is 10.5. The predicted octanol–water partition coefficient (Wildman–Crippen LogP) is 2.50. The molecule has 22 heavy (non-hydrogen) atoms. The van der Waals surface area contributed by atoms with Crippen molar-refractivity contribution < 1.29 is 4.79 Å². The lowest BCUT2D eigenvalue weighted by atomic mass is 10.2. The topological polar surface area (TPSA) is 50.2 Å². The summed E-state index contributed by atoms with van der Waals surface area (Å²) in [5, 5.41) is 6.54. The number of nitrogens with zero attached hydrogens (tertiary/aromatic N) is 3. The normalized spacial score (nSPS) is 11.3. The van der Waals surface area contributed by atoms with Crippen molar-refractivity contribution in [1.82, 2.24) is 20.2 Å². The second-order valence-corrected chi connectivity index (χ2v) is 5.49. The molecule has 1 aromatic carbocycles. The van der Waals surface area contributed by atoms with Gasteiger partial charge in [0.05, 0.1) is 12.2 Å². The van der Waals surface area contributed by atoms with E-state index in [-0.39, 0.29) is 5.91 Å². The molecular formula is C16H19ClN4O. The summed E-state index contributed by atoms with van der Waals surface area (Å²) in [7, 11) is 3.50. The minimum atomic E-state index is -0.212. The number of benzene rings is 1. The van der Waals surface area contributed by atoms with Crippen molar-refractivity contribution in [3.05, 3.63) is 58.4 Å². The maximum Gasteiger partial charge on any atom is 0.258 e. The number of aromatic nitrogens is 2. The largest absolute Gasteiger partial charge is 0.286 e. The van der Waals surface area contributed by atoms with Crippen molar-refractivity contribution in [1.29, 1.82) is 0 Å². The van der Waals surface area contributed by atoms with Gasteiger partial charge in [-0.1, -0.05) is 41.9 Å². The van der Waals surface area contributed by atoms with Crippen LogP contribution in [0.15, 0.2) is 36.4 Å². The van der Waals surface area contributed by atoms with Crippen LogP contribution in [0.1, 0.15) is 16.8 Å². The fourth-order valence-electron chi connectivity index (χ4n) is 2.03. The lowest BCUT2D eigenvalue weighted by molar-refractivity contribution is -0.119. The van der Waals surface area contributed by atoms with Gasteiger partial charge in [0.25, 0.3) is 5.91 Å². The Bertz CT molecular complexity index is 677. The van der Waals surface area contributed by atoms with E-state index in [1.54, 1.807) is 29.9 Å². The Labute approximate surface area is 135 Å². The molecule has 0 aliphatic heterocycles. The summed E-state index contributed by atoms with van der Waals surface area (Å²) in [5.41, 5.74) is 5.30. The summed E-state index contributed by atoms with van der Waals surface area (Å²) in [6, 6.07) is 9.97. The zero-order chi connectivity index (χ0) is 16.1. The van der Waals surface area contributed by atoms with Gasteiger partial charge in [0, 0.05) is 25.7 Å². The van der Waals surface area contributed by atoms with E-state index in [0.717, 1.165) is 16.8 Å². The van der Waals surface area contributed by atoms with E-state index >= 15 is 0 Å². The molecule has 1 N–H and O–H groups in total. The summed E-state index contributed by atoms with van der Waals surface area (Å²) in [5.74, 6) is -0.212. The van der Waals surface area contributed by atoms with Crippen LogP contribution < -0.4 is 5.43 Å². The molecule has 0 bridgehead atoms. The quantitative estimate of drug-likeness (QED) is 0.680. The lowest BCUT2D eigenvalue weighted by Gasteiger charge is -2.08. The third-order valence-corrected chi connectivity index (χ3v) is 3.42. The average Bonchev–Trinajstić information content (AvgIpc) is 2.72. The van der Waals surface area contributed by atoms with Gasteiger partial charge in [-0.05, 0) is 18.6 Å². The summed E-state index contributed by atoms with van der Waals surface area (Å²) in [4.78, 5) is 11.6. The minimum Gasteiger partial charge on any atom is -0.286 e. The van der Waals surface area contributed by atoms with Crippen molar-refractivity contribution >= 4 is 23.6 Å². The highest BCUT2D eigenvalue weighted by Gasteiger charge is 2.11. The molecule has 2 aromatic rings. The van der Waals surface area contributed by atoms with E-state index in [4.69, 9.17) is 11.6 Å². The fraction of sp³-hybridized carbons (Fsp3) is 0.250. The van der Waals surface area contributed by atoms with Crippen molar-refractivity contribution in [3.8, 4) is 0 Å². The summed E-state index contributed by atoms with van der Waals surface area (Å²) in [6.45, 7) is 2.47. The second-order valence-electron chi connectivity index (χ2n) is 5.14. The molecule has 0 saturated carbocycles. The molecule has 2 rings (SSSR count). The number of hydrogen-bond donors (Lipinski definition) is 1. The summed E-state index contributed by atoms with van der Waals surface area (Å²) in [6.07, 6.45) is 3.13. The van der Waals surface area contributed by atoms with Gasteiger partial charge in [-0.3, -0.25) is 10.2 Å². The number of amides is 1. The zero-order valence-corrected chi connectivity index (χ0v) is 13.6. The SMILES string of the molecule is Cc1nn(Cc2ccccc2)c(Cl)c1/C=C/C(=O)NN(C)C. The van der Waals surface area contributed by atoms with Gasteiger partial charge in [0.15, 0.2) is 0 Å². The molecule has 0 unspecified atom stereocenters. The van der Waals surface area contributed by atoms with Crippen LogP contribution in [0.25, 0.3) is 6.08 Å². The van der Waals surface area contributed by atoms with Gasteiger partial charge in [0.2, 0.25) is 0 Å². The number of rotatable bonds is 5. The fourth-order valence-corrected chi connectivity index (χ4v) is 2.33. The van der Waals surface area contributed by atoms with E-state index in [1.807, 2.05) is 37.3 Å². The third kappa shape index (κ3) is 4.19. The molecule has 1 amide bonds. The molecule has 0 fully saturated rings. The monoisotopic (exact) mass is 318 g/mol. The zero-order valence-electron chi connectivity index (χ0n) is 12.9. The lowest BCUT2D eigenvalue weighted by Crippen LogP contribution is -2.34. The van der Waals surface area contributed by atoms with Crippen LogP contribution in [0, 0.1) is 6.92 Å². The van der Waals surface area contributed by atoms with Crippen LogP contribution in [-0.2, 0) is 11.3 Å². The average molecular weight is 319 g/mol. The molecule has 0 saturated heterocycles. The molecule has 0 aliphatic rings. The standard InChI is InChI=1S/C16H19ClN4O/c1-12-14(9-10-15(22)19-20(2)3)16(17)21(18-12)11-13-7-5-4-6-8-13/h4-10H,11H2,1-3H3,(H,19,22)/b10-9+. The number of halogens is 1. The predicted molar refractivity (Wildman–Crippen MR) is 88.4 cm³/mol. The number of nitrogens with one attached hydrogen (secondary N) is 1. The Kier molecular flexibility index (Phi) is 5.35. The number of aryl methyl sites for hydroxylation is 1. The highest BCUT2D eigenvalue weighted by molar-refractivity contribution is 6.31. The molecule has 0 aliphatic carbocycles. The maximum absolute atomic E-state index is 11.6. The van der Waals surface area contributed by atoms with Gasteiger partial charge in [-0.25, -0.2) is 9.69 Å². The first-order valence-corrected chi connectivity index (χ1v) is 7.28. The molecule has 0 spiro atoms. The number of hydrogen-bond acceptors (Lipinski definition) is 3. The Hall–Kier alpha value is -2.11. The maximum atomic E-state index is 11.6. The molecule has 0 radical (unpaired) electrons. The Morgan fingerprint density at radius 3 is 2.68 bits per heavy atom. The van der Waals surface area contributed by atoms with Gasteiger partial charge in [-0.15, -0.1) is 0 Å². The van der Waals surface area contributed by atoms with Crippen molar-refractivity contribution in [2.24, 2.45) is 0 Å². The minimum absolute atomic E-state index is 0.212. The highest BCUT2D eigenvalue weighted by atomic mass is 35.5. The van der Waals surface area contributed by atoms with Crippen LogP contribution in [0.4, 0.5) is 0 Å². The van der Waals surface area contributed by atoms with E-state index in [1.165, 1.54) is 6.08 Å². The van der Waals surface area contributed by atoms with E-state index in [0.29, 0.717) is 11.7 Å². The van der Waals surface area contributed by atoms with Gasteiger partial charge >= 0.3 is 0 Å². The van der Waals surface area contributed by atoms with Gasteiger partial charge in [-0.2, -0.15) is 5.10 Å². The van der Waals surface area contributed by atoms with Crippen LogP contribution >= 0.6 is 11.6 Å². The van der Waals surface area contributed by atoms with E-state index in [2.05, 4.69) is 10.5 Å². The molecule has 1 heterocycles. The summed E-state index contributed by atoms with van der Waals surface area (Å²) >= 11 is 6.38. The van der Waals surface area contributed by atoms with Crippen molar-refractivity contribution in [3.63, 3.8) is 0 Å².